The van der Waals surface area contributed by atoms with E-state index in [1.807, 2.05) is 13.8 Å². The molecule has 1 aromatic rings. The first kappa shape index (κ1) is 17.1. The van der Waals surface area contributed by atoms with Crippen molar-refractivity contribution in [1.82, 2.24) is 4.90 Å². The summed E-state index contributed by atoms with van der Waals surface area (Å²) in [6.07, 6.45) is 1.73. The van der Waals surface area contributed by atoms with E-state index in [9.17, 15) is 9.18 Å². The van der Waals surface area contributed by atoms with Gasteiger partial charge in [-0.05, 0) is 31.0 Å². The Bertz CT molecular complexity index is 429. The van der Waals surface area contributed by atoms with Crippen molar-refractivity contribution in [2.45, 2.75) is 32.7 Å². The zero-order valence-corrected chi connectivity index (χ0v) is 13.7. The summed E-state index contributed by atoms with van der Waals surface area (Å²) in [6.45, 7) is 5.07. The first-order valence-corrected chi connectivity index (χ1v) is 7.58. The summed E-state index contributed by atoms with van der Waals surface area (Å²) in [5.41, 5.74) is 0.361. The van der Waals surface area contributed by atoms with Gasteiger partial charge in [0.1, 0.15) is 5.82 Å². The molecule has 0 atom stereocenters. The molecule has 5 heteroatoms. The van der Waals surface area contributed by atoms with Gasteiger partial charge in [0.15, 0.2) is 0 Å². The molecule has 3 nitrogen and oxygen atoms in total. The maximum absolute atomic E-state index is 13.4. The number of methoxy groups -OCH3 is 1. The van der Waals surface area contributed by atoms with Crippen LogP contribution in [0, 0.1) is 5.82 Å². The average Bonchev–Trinajstić information content (AvgIpc) is 2.41. The van der Waals surface area contributed by atoms with Gasteiger partial charge in [0.25, 0.3) is 5.91 Å². The SMILES string of the molecule is CCC(CC)N(CCOC)C(=O)c1cc(F)cc(Br)c1. The summed E-state index contributed by atoms with van der Waals surface area (Å²) in [4.78, 5) is 14.4. The Morgan fingerprint density at radius 3 is 2.50 bits per heavy atom. The minimum Gasteiger partial charge on any atom is -0.383 e. The molecule has 0 saturated heterocycles. The first-order chi connectivity index (χ1) is 9.53. The Balaban J connectivity index is 3.02. The highest BCUT2D eigenvalue weighted by Gasteiger charge is 2.22. The van der Waals surface area contributed by atoms with E-state index in [4.69, 9.17) is 4.74 Å². The van der Waals surface area contributed by atoms with Crippen LogP contribution < -0.4 is 0 Å². The van der Waals surface area contributed by atoms with Crippen LogP contribution in [0.1, 0.15) is 37.0 Å². The number of carbonyl (C=O) groups is 1. The Morgan fingerprint density at radius 2 is 2.00 bits per heavy atom. The third-order valence-electron chi connectivity index (χ3n) is 3.29. The highest BCUT2D eigenvalue weighted by Crippen LogP contribution is 2.19. The van der Waals surface area contributed by atoms with Gasteiger partial charge in [-0.1, -0.05) is 29.8 Å². The number of rotatable bonds is 7. The van der Waals surface area contributed by atoms with Crippen molar-refractivity contribution < 1.29 is 13.9 Å². The summed E-state index contributed by atoms with van der Waals surface area (Å²) in [5, 5.41) is 0. The van der Waals surface area contributed by atoms with Gasteiger partial charge in [-0.2, -0.15) is 0 Å². The van der Waals surface area contributed by atoms with Gasteiger partial charge < -0.3 is 9.64 Å². The van der Waals surface area contributed by atoms with Crippen LogP contribution in [0.4, 0.5) is 4.39 Å². The minimum atomic E-state index is -0.418. The van der Waals surface area contributed by atoms with Gasteiger partial charge in [0.2, 0.25) is 0 Å². The predicted molar refractivity (Wildman–Crippen MR) is 81.4 cm³/mol. The lowest BCUT2D eigenvalue weighted by atomic mass is 10.1. The maximum Gasteiger partial charge on any atom is 0.254 e. The molecule has 0 aromatic heterocycles. The summed E-state index contributed by atoms with van der Waals surface area (Å²) >= 11 is 3.22. The van der Waals surface area contributed by atoms with Crippen molar-refractivity contribution >= 4 is 21.8 Å². The van der Waals surface area contributed by atoms with Crippen LogP contribution in [0.5, 0.6) is 0 Å². The highest BCUT2D eigenvalue weighted by molar-refractivity contribution is 9.10. The van der Waals surface area contributed by atoms with Gasteiger partial charge in [0, 0.05) is 29.7 Å². The molecule has 0 heterocycles. The van der Waals surface area contributed by atoms with Gasteiger partial charge in [-0.3, -0.25) is 4.79 Å². The number of benzene rings is 1. The van der Waals surface area contributed by atoms with Crippen molar-refractivity contribution in [2.24, 2.45) is 0 Å². The van der Waals surface area contributed by atoms with E-state index in [2.05, 4.69) is 15.9 Å². The van der Waals surface area contributed by atoms with Crippen LogP contribution in [0.25, 0.3) is 0 Å². The molecule has 0 radical (unpaired) electrons. The number of nitrogens with zero attached hydrogens (tertiary/aromatic N) is 1. The van der Waals surface area contributed by atoms with E-state index in [0.717, 1.165) is 12.8 Å². The molecule has 112 valence electrons. The highest BCUT2D eigenvalue weighted by atomic mass is 79.9. The normalized spacial score (nSPS) is 10.9. The smallest absolute Gasteiger partial charge is 0.254 e. The van der Waals surface area contributed by atoms with Crippen molar-refractivity contribution in [2.75, 3.05) is 20.3 Å². The third kappa shape index (κ3) is 4.56. The maximum atomic E-state index is 13.4. The molecule has 0 bridgehead atoms. The molecule has 0 aliphatic carbocycles. The molecule has 0 fully saturated rings. The molecule has 0 aliphatic heterocycles. The Morgan fingerprint density at radius 1 is 1.35 bits per heavy atom. The van der Waals surface area contributed by atoms with Crippen LogP contribution in [-0.2, 0) is 4.74 Å². The van der Waals surface area contributed by atoms with E-state index in [-0.39, 0.29) is 11.9 Å². The number of amides is 1. The molecule has 1 amide bonds. The molecule has 0 N–H and O–H groups in total. The molecule has 0 unspecified atom stereocenters. The van der Waals surface area contributed by atoms with Gasteiger partial charge in [-0.25, -0.2) is 4.39 Å². The van der Waals surface area contributed by atoms with E-state index in [1.54, 1.807) is 18.1 Å². The lowest BCUT2D eigenvalue weighted by Crippen LogP contribution is -2.41. The van der Waals surface area contributed by atoms with Crippen LogP contribution in [0.2, 0.25) is 0 Å². The number of hydrogen-bond donors (Lipinski definition) is 0. The molecule has 1 aromatic carbocycles. The van der Waals surface area contributed by atoms with Gasteiger partial charge >= 0.3 is 0 Å². The number of ether oxygens (including phenoxy) is 1. The van der Waals surface area contributed by atoms with Gasteiger partial charge in [-0.15, -0.1) is 0 Å². The zero-order valence-electron chi connectivity index (χ0n) is 12.2. The molecule has 0 spiro atoms. The van der Waals surface area contributed by atoms with Crippen LogP contribution >= 0.6 is 15.9 Å². The summed E-state index contributed by atoms with van der Waals surface area (Å²) in [7, 11) is 1.61. The van der Waals surface area contributed by atoms with Crippen molar-refractivity contribution in [3.8, 4) is 0 Å². The topological polar surface area (TPSA) is 29.5 Å². The van der Waals surface area contributed by atoms with Crippen LogP contribution in [-0.4, -0.2) is 37.1 Å². The van der Waals surface area contributed by atoms with Crippen LogP contribution in [0.3, 0.4) is 0 Å². The Labute approximate surface area is 128 Å². The second kappa shape index (κ2) is 8.37. The van der Waals surface area contributed by atoms with E-state index in [0.29, 0.717) is 23.2 Å². The Kier molecular flexibility index (Phi) is 7.16. The summed E-state index contributed by atoms with van der Waals surface area (Å²) in [5.74, 6) is -0.574. The fourth-order valence-corrected chi connectivity index (χ4v) is 2.68. The van der Waals surface area contributed by atoms with Gasteiger partial charge in [0.05, 0.1) is 6.61 Å². The molecule has 20 heavy (non-hydrogen) atoms. The summed E-state index contributed by atoms with van der Waals surface area (Å²) in [6, 6.07) is 4.40. The van der Waals surface area contributed by atoms with Crippen molar-refractivity contribution in [3.63, 3.8) is 0 Å². The standard InChI is InChI=1S/C15H21BrFNO2/c1-4-14(5-2)18(6-7-20-3)15(19)11-8-12(16)10-13(17)9-11/h8-10,14H,4-7H2,1-3H3. The quantitative estimate of drug-likeness (QED) is 0.750. The second-order valence-electron chi connectivity index (χ2n) is 4.62. The number of halogens is 2. The molecular weight excluding hydrogens is 325 g/mol. The zero-order chi connectivity index (χ0) is 15.1. The monoisotopic (exact) mass is 345 g/mol. The van der Waals surface area contributed by atoms with E-state index < -0.39 is 5.82 Å². The first-order valence-electron chi connectivity index (χ1n) is 6.79. The molecule has 0 saturated carbocycles. The number of carbonyl (C=O) groups excluding carboxylic acids is 1. The number of hydrogen-bond acceptors (Lipinski definition) is 2. The third-order valence-corrected chi connectivity index (χ3v) is 3.75. The fraction of sp³-hybridized carbons (Fsp3) is 0.533. The predicted octanol–water partition coefficient (Wildman–Crippen LogP) is 3.87. The lowest BCUT2D eigenvalue weighted by Gasteiger charge is -2.30. The second-order valence-corrected chi connectivity index (χ2v) is 5.54. The lowest BCUT2D eigenvalue weighted by molar-refractivity contribution is 0.0589. The molecule has 1 rings (SSSR count). The minimum absolute atomic E-state index is 0.139. The molecule has 0 aliphatic rings. The fourth-order valence-electron chi connectivity index (χ4n) is 2.21. The van der Waals surface area contributed by atoms with E-state index >= 15 is 0 Å². The average molecular weight is 346 g/mol. The Hall–Kier alpha value is -0.940. The van der Waals surface area contributed by atoms with Crippen molar-refractivity contribution in [3.05, 3.63) is 34.1 Å². The summed E-state index contributed by atoms with van der Waals surface area (Å²) < 4.78 is 19.1. The largest absolute Gasteiger partial charge is 0.383 e. The van der Waals surface area contributed by atoms with Crippen molar-refractivity contribution in [1.29, 1.82) is 0 Å². The van der Waals surface area contributed by atoms with Crippen LogP contribution in [0.15, 0.2) is 22.7 Å². The molecular formula is C15H21BrFNO2. The van der Waals surface area contributed by atoms with E-state index in [1.165, 1.54) is 12.1 Å².